The minimum Gasteiger partial charge on any atom is -0.230 e. The van der Waals surface area contributed by atoms with Crippen LogP contribution in [0.3, 0.4) is 0 Å². The average Bonchev–Trinajstić information content (AvgIpc) is 1.93. The highest BCUT2D eigenvalue weighted by molar-refractivity contribution is 7.99. The van der Waals surface area contributed by atoms with Gasteiger partial charge in [0.15, 0.2) is 5.16 Å². The zero-order chi connectivity index (χ0) is 8.27. The van der Waals surface area contributed by atoms with Crippen LogP contribution in [0.4, 0.5) is 0 Å². The predicted molar refractivity (Wildman–Crippen MR) is 48.0 cm³/mol. The molecule has 0 atom stereocenters. The Bertz CT molecular complexity index is 222. The summed E-state index contributed by atoms with van der Waals surface area (Å²) in [5.74, 6) is 0. The largest absolute Gasteiger partial charge is 0.230 e. The van der Waals surface area contributed by atoms with Gasteiger partial charge in [-0.15, -0.1) is 0 Å². The Labute approximate surface area is 75.4 Å². The maximum atomic E-state index is 5.61. The first-order valence-corrected chi connectivity index (χ1v) is 4.58. The van der Waals surface area contributed by atoms with Crippen molar-refractivity contribution in [1.29, 1.82) is 0 Å². The van der Waals surface area contributed by atoms with Crippen LogP contribution in [-0.2, 0) is 0 Å². The fraction of sp³-hybridized carbons (Fsp3) is 0.429. The molecule has 4 heteroatoms. The van der Waals surface area contributed by atoms with E-state index in [4.69, 9.17) is 11.6 Å². The molecule has 0 aromatic carbocycles. The first-order valence-electron chi connectivity index (χ1n) is 3.32. The molecule has 1 aromatic heterocycles. The van der Waals surface area contributed by atoms with E-state index in [0.717, 1.165) is 5.16 Å². The van der Waals surface area contributed by atoms with Gasteiger partial charge in [-0.2, -0.15) is 0 Å². The van der Waals surface area contributed by atoms with Crippen molar-refractivity contribution in [2.75, 3.05) is 0 Å². The molecule has 0 aliphatic carbocycles. The maximum Gasteiger partial charge on any atom is 0.187 e. The molecule has 1 rings (SSSR count). The van der Waals surface area contributed by atoms with Gasteiger partial charge in [-0.3, -0.25) is 0 Å². The second-order valence-electron chi connectivity index (χ2n) is 2.35. The summed E-state index contributed by atoms with van der Waals surface area (Å²) in [6, 6.07) is 0. The smallest absolute Gasteiger partial charge is 0.187 e. The summed E-state index contributed by atoms with van der Waals surface area (Å²) >= 11 is 7.24. The van der Waals surface area contributed by atoms with E-state index >= 15 is 0 Å². The van der Waals surface area contributed by atoms with Gasteiger partial charge in [0, 0.05) is 5.25 Å². The van der Waals surface area contributed by atoms with Gasteiger partial charge < -0.3 is 0 Å². The average molecular weight is 189 g/mol. The van der Waals surface area contributed by atoms with E-state index in [-0.39, 0.29) is 0 Å². The van der Waals surface area contributed by atoms with Crippen molar-refractivity contribution in [1.82, 2.24) is 9.97 Å². The van der Waals surface area contributed by atoms with Crippen molar-refractivity contribution >= 4 is 23.4 Å². The SMILES string of the molecule is CC(C)Sc1ncc(Cl)cn1. The van der Waals surface area contributed by atoms with Crippen molar-refractivity contribution in [3.8, 4) is 0 Å². The van der Waals surface area contributed by atoms with Gasteiger partial charge in [0.1, 0.15) is 0 Å². The van der Waals surface area contributed by atoms with Crippen LogP contribution in [-0.4, -0.2) is 15.2 Å². The van der Waals surface area contributed by atoms with Crippen LogP contribution in [0, 0.1) is 0 Å². The van der Waals surface area contributed by atoms with Gasteiger partial charge in [0.2, 0.25) is 0 Å². The zero-order valence-electron chi connectivity index (χ0n) is 6.41. The summed E-state index contributed by atoms with van der Waals surface area (Å²) in [7, 11) is 0. The summed E-state index contributed by atoms with van der Waals surface area (Å²) in [5.41, 5.74) is 0. The normalized spacial score (nSPS) is 10.5. The molecule has 0 amide bonds. The molecule has 0 unspecified atom stereocenters. The quantitative estimate of drug-likeness (QED) is 0.527. The molecular weight excluding hydrogens is 180 g/mol. The van der Waals surface area contributed by atoms with Gasteiger partial charge in [0.05, 0.1) is 17.4 Å². The molecule has 0 saturated heterocycles. The van der Waals surface area contributed by atoms with E-state index in [0.29, 0.717) is 10.3 Å². The lowest BCUT2D eigenvalue weighted by Crippen LogP contribution is -1.90. The van der Waals surface area contributed by atoms with Gasteiger partial charge in [-0.25, -0.2) is 9.97 Å². The highest BCUT2D eigenvalue weighted by Crippen LogP contribution is 2.18. The van der Waals surface area contributed by atoms with E-state index < -0.39 is 0 Å². The molecule has 11 heavy (non-hydrogen) atoms. The fourth-order valence-electron chi connectivity index (χ4n) is 0.572. The van der Waals surface area contributed by atoms with Crippen LogP contribution in [0.5, 0.6) is 0 Å². The van der Waals surface area contributed by atoms with Gasteiger partial charge in [-0.05, 0) is 0 Å². The van der Waals surface area contributed by atoms with Gasteiger partial charge >= 0.3 is 0 Å². The van der Waals surface area contributed by atoms with Gasteiger partial charge in [-0.1, -0.05) is 37.2 Å². The third-order valence-corrected chi connectivity index (χ3v) is 2.03. The lowest BCUT2D eigenvalue weighted by atomic mass is 10.6. The Kier molecular flexibility index (Phi) is 3.15. The molecule has 0 aliphatic heterocycles. The molecule has 1 heterocycles. The number of nitrogens with zero attached hydrogens (tertiary/aromatic N) is 2. The second-order valence-corrected chi connectivity index (χ2v) is 4.33. The summed E-state index contributed by atoms with van der Waals surface area (Å²) < 4.78 is 0. The zero-order valence-corrected chi connectivity index (χ0v) is 7.99. The number of hydrogen-bond donors (Lipinski definition) is 0. The topological polar surface area (TPSA) is 25.8 Å². The Morgan fingerprint density at radius 1 is 1.36 bits per heavy atom. The first kappa shape index (κ1) is 8.81. The first-order chi connectivity index (χ1) is 5.18. The molecule has 0 fully saturated rings. The van der Waals surface area contributed by atoms with Crippen LogP contribution in [0.25, 0.3) is 0 Å². The second kappa shape index (κ2) is 3.93. The summed E-state index contributed by atoms with van der Waals surface area (Å²) in [6.07, 6.45) is 3.22. The van der Waals surface area contributed by atoms with Crippen LogP contribution < -0.4 is 0 Å². The van der Waals surface area contributed by atoms with E-state index in [1.54, 1.807) is 24.2 Å². The van der Waals surface area contributed by atoms with Crippen molar-refractivity contribution in [3.05, 3.63) is 17.4 Å². The maximum absolute atomic E-state index is 5.61. The summed E-state index contributed by atoms with van der Waals surface area (Å²) in [6.45, 7) is 4.20. The Morgan fingerprint density at radius 3 is 2.36 bits per heavy atom. The van der Waals surface area contributed by atoms with Crippen molar-refractivity contribution < 1.29 is 0 Å². The van der Waals surface area contributed by atoms with Crippen LogP contribution >= 0.6 is 23.4 Å². The molecule has 1 aromatic rings. The molecule has 0 bridgehead atoms. The number of halogens is 1. The molecule has 2 nitrogen and oxygen atoms in total. The summed E-state index contributed by atoms with van der Waals surface area (Å²) in [5, 5.41) is 1.87. The van der Waals surface area contributed by atoms with Crippen molar-refractivity contribution in [3.63, 3.8) is 0 Å². The number of thioether (sulfide) groups is 1. The molecule has 0 aliphatic rings. The highest BCUT2D eigenvalue weighted by Gasteiger charge is 1.99. The molecule has 0 radical (unpaired) electrons. The molecular formula is C7H9ClN2S. The Balaban J connectivity index is 2.66. The van der Waals surface area contributed by atoms with Crippen LogP contribution in [0.2, 0.25) is 5.02 Å². The predicted octanol–water partition coefficient (Wildman–Crippen LogP) is 2.63. The number of aromatic nitrogens is 2. The van der Waals surface area contributed by atoms with Crippen LogP contribution in [0.15, 0.2) is 17.6 Å². The molecule has 0 saturated carbocycles. The van der Waals surface area contributed by atoms with E-state index in [1.165, 1.54) is 0 Å². The molecule has 0 spiro atoms. The number of hydrogen-bond acceptors (Lipinski definition) is 3. The fourth-order valence-corrected chi connectivity index (χ4v) is 1.32. The third-order valence-electron chi connectivity index (χ3n) is 0.938. The lowest BCUT2D eigenvalue weighted by molar-refractivity contribution is 0.954. The minimum absolute atomic E-state index is 0.510. The summed E-state index contributed by atoms with van der Waals surface area (Å²) in [4.78, 5) is 8.08. The van der Waals surface area contributed by atoms with E-state index in [1.807, 2.05) is 0 Å². The van der Waals surface area contributed by atoms with Gasteiger partial charge in [0.25, 0.3) is 0 Å². The lowest BCUT2D eigenvalue weighted by Gasteiger charge is -2.00. The van der Waals surface area contributed by atoms with Crippen LogP contribution in [0.1, 0.15) is 13.8 Å². The number of rotatable bonds is 2. The molecule has 0 N–H and O–H groups in total. The van der Waals surface area contributed by atoms with E-state index in [9.17, 15) is 0 Å². The highest BCUT2D eigenvalue weighted by atomic mass is 35.5. The van der Waals surface area contributed by atoms with Crippen molar-refractivity contribution in [2.24, 2.45) is 0 Å². The monoisotopic (exact) mass is 188 g/mol. The minimum atomic E-state index is 0.510. The Hall–Kier alpha value is -0.280. The molecule has 60 valence electrons. The standard InChI is InChI=1S/C7H9ClN2S/c1-5(2)11-7-9-3-6(8)4-10-7/h3-5H,1-2H3. The van der Waals surface area contributed by atoms with Crippen molar-refractivity contribution in [2.45, 2.75) is 24.3 Å². The Morgan fingerprint density at radius 2 is 1.91 bits per heavy atom. The third kappa shape index (κ3) is 3.08. The van der Waals surface area contributed by atoms with E-state index in [2.05, 4.69) is 23.8 Å².